The Morgan fingerprint density at radius 3 is 2.35 bits per heavy atom. The smallest absolute Gasteiger partial charge is 0.235 e. The molecule has 1 N–H and O–H groups in total. The van der Waals surface area contributed by atoms with Crippen LogP contribution in [-0.4, -0.2) is 11.2 Å². The maximum atomic E-state index is 11.1. The molecule has 0 unspecified atom stereocenters. The maximum absolute atomic E-state index is 11.1. The molecule has 23 heavy (non-hydrogen) atoms. The van der Waals surface area contributed by atoms with Gasteiger partial charge in [0.25, 0.3) is 0 Å². The highest BCUT2D eigenvalue weighted by Crippen LogP contribution is 2.51. The van der Waals surface area contributed by atoms with Crippen LogP contribution in [0.25, 0.3) is 21.9 Å². The van der Waals surface area contributed by atoms with Gasteiger partial charge in [0, 0.05) is 10.9 Å². The van der Waals surface area contributed by atoms with Crippen molar-refractivity contribution in [2.45, 2.75) is 45.1 Å². The van der Waals surface area contributed by atoms with Crippen molar-refractivity contribution in [2.24, 2.45) is 4.99 Å². The van der Waals surface area contributed by atoms with E-state index in [1.807, 2.05) is 19.9 Å². The van der Waals surface area contributed by atoms with E-state index in [1.54, 1.807) is 12.1 Å². The predicted octanol–water partition coefficient (Wildman–Crippen LogP) is 4.61. The number of hydrogen-bond donors (Lipinski definition) is 1. The SMILES string of the molecule is Cc1cc2c(C3(N=C=O)CCCC3)c3oc(C)cc3c(O)c2o1. The molecule has 0 saturated heterocycles. The van der Waals surface area contributed by atoms with Crippen molar-refractivity contribution < 1.29 is 18.7 Å². The Balaban J connectivity index is 2.22. The first-order valence-electron chi connectivity index (χ1n) is 7.80. The molecule has 1 saturated carbocycles. The van der Waals surface area contributed by atoms with Crippen molar-refractivity contribution in [1.29, 1.82) is 0 Å². The number of fused-ring (bicyclic) bond motifs is 2. The lowest BCUT2D eigenvalue weighted by atomic mass is 9.85. The number of benzene rings is 1. The number of hydrogen-bond acceptors (Lipinski definition) is 5. The van der Waals surface area contributed by atoms with Gasteiger partial charge < -0.3 is 13.9 Å². The van der Waals surface area contributed by atoms with Gasteiger partial charge in [-0.25, -0.2) is 4.79 Å². The average molecular weight is 311 g/mol. The molecule has 1 aliphatic rings. The standard InChI is InChI=1S/C18H17NO4/c1-10-7-12-14(18(19-9-20)5-3-4-6-18)16-13(8-11(2)22-16)15(21)17(12)23-10/h7-8,21H,3-6H2,1-2H3. The van der Waals surface area contributed by atoms with Crippen LogP contribution in [-0.2, 0) is 10.3 Å². The first-order chi connectivity index (χ1) is 11.1. The summed E-state index contributed by atoms with van der Waals surface area (Å²) in [6, 6.07) is 3.67. The van der Waals surface area contributed by atoms with Crippen LogP contribution >= 0.6 is 0 Å². The molecule has 118 valence electrons. The fourth-order valence-corrected chi connectivity index (χ4v) is 3.92. The summed E-state index contributed by atoms with van der Waals surface area (Å²) >= 11 is 0. The number of aromatic hydroxyl groups is 1. The molecule has 3 aromatic rings. The number of aliphatic imine (C=N–C) groups is 1. The topological polar surface area (TPSA) is 75.9 Å². The van der Waals surface area contributed by atoms with Gasteiger partial charge in [-0.15, -0.1) is 0 Å². The van der Waals surface area contributed by atoms with Crippen LogP contribution in [0.2, 0.25) is 0 Å². The largest absolute Gasteiger partial charge is 0.504 e. The van der Waals surface area contributed by atoms with E-state index in [2.05, 4.69) is 4.99 Å². The molecule has 2 aromatic heterocycles. The summed E-state index contributed by atoms with van der Waals surface area (Å²) in [5.41, 5.74) is 1.21. The van der Waals surface area contributed by atoms with E-state index in [0.717, 1.165) is 36.6 Å². The normalized spacial score (nSPS) is 17.0. The summed E-state index contributed by atoms with van der Waals surface area (Å²) in [6.45, 7) is 3.67. The number of carbonyl (C=O) groups excluding carboxylic acids is 1. The summed E-state index contributed by atoms with van der Waals surface area (Å²) in [7, 11) is 0. The second kappa shape index (κ2) is 4.74. The number of phenolic OH excluding ortho intramolecular Hbond substituents is 1. The number of isocyanates is 1. The molecule has 0 atom stereocenters. The summed E-state index contributed by atoms with van der Waals surface area (Å²) in [5, 5.41) is 11.9. The maximum Gasteiger partial charge on any atom is 0.235 e. The second-order valence-corrected chi connectivity index (χ2v) is 6.37. The predicted molar refractivity (Wildman–Crippen MR) is 85.4 cm³/mol. The Kier molecular flexibility index (Phi) is 2.90. The monoisotopic (exact) mass is 311 g/mol. The molecule has 2 heterocycles. The average Bonchev–Trinajstić information content (AvgIpc) is 3.19. The third-order valence-corrected chi connectivity index (χ3v) is 4.83. The number of nitrogens with zero attached hydrogens (tertiary/aromatic N) is 1. The summed E-state index contributed by atoms with van der Waals surface area (Å²) in [5.74, 6) is 1.47. The molecular weight excluding hydrogens is 294 g/mol. The van der Waals surface area contributed by atoms with Gasteiger partial charge in [-0.3, -0.25) is 0 Å². The van der Waals surface area contributed by atoms with Crippen LogP contribution in [0.5, 0.6) is 5.75 Å². The first-order valence-corrected chi connectivity index (χ1v) is 7.80. The summed E-state index contributed by atoms with van der Waals surface area (Å²) < 4.78 is 11.6. The molecule has 0 aliphatic heterocycles. The van der Waals surface area contributed by atoms with Gasteiger partial charge >= 0.3 is 0 Å². The molecule has 0 amide bonds. The lowest BCUT2D eigenvalue weighted by Crippen LogP contribution is -2.19. The first kappa shape index (κ1) is 14.1. The van der Waals surface area contributed by atoms with Gasteiger partial charge in [0.15, 0.2) is 11.3 Å². The van der Waals surface area contributed by atoms with Crippen LogP contribution in [0, 0.1) is 13.8 Å². The quantitative estimate of drug-likeness (QED) is 0.554. The zero-order chi connectivity index (χ0) is 16.2. The zero-order valence-corrected chi connectivity index (χ0v) is 13.1. The minimum atomic E-state index is -0.646. The fraction of sp³-hybridized carbons (Fsp3) is 0.389. The number of furan rings is 2. The van der Waals surface area contributed by atoms with Gasteiger partial charge in [-0.2, -0.15) is 4.99 Å². The van der Waals surface area contributed by atoms with Crippen LogP contribution in [0.3, 0.4) is 0 Å². The van der Waals surface area contributed by atoms with E-state index in [0.29, 0.717) is 28.1 Å². The van der Waals surface area contributed by atoms with Gasteiger partial charge in [-0.1, -0.05) is 12.8 Å². The van der Waals surface area contributed by atoms with Gasteiger partial charge in [0.1, 0.15) is 22.6 Å². The van der Waals surface area contributed by atoms with E-state index in [4.69, 9.17) is 8.83 Å². The van der Waals surface area contributed by atoms with Crippen molar-refractivity contribution >= 4 is 28.0 Å². The molecule has 0 bridgehead atoms. The van der Waals surface area contributed by atoms with E-state index in [1.165, 1.54) is 0 Å². The minimum absolute atomic E-state index is 0.0759. The van der Waals surface area contributed by atoms with Crippen molar-refractivity contribution in [2.75, 3.05) is 0 Å². The van der Waals surface area contributed by atoms with E-state index in [-0.39, 0.29) is 5.75 Å². The van der Waals surface area contributed by atoms with Crippen molar-refractivity contribution in [1.82, 2.24) is 0 Å². The van der Waals surface area contributed by atoms with Crippen molar-refractivity contribution in [3.63, 3.8) is 0 Å². The van der Waals surface area contributed by atoms with Gasteiger partial charge in [0.2, 0.25) is 6.08 Å². The van der Waals surface area contributed by atoms with E-state index in [9.17, 15) is 9.90 Å². The Hall–Kier alpha value is -2.52. The summed E-state index contributed by atoms with van der Waals surface area (Å²) in [6.07, 6.45) is 5.26. The molecule has 1 aromatic carbocycles. The van der Waals surface area contributed by atoms with Gasteiger partial charge in [-0.05, 0) is 38.8 Å². The van der Waals surface area contributed by atoms with Gasteiger partial charge in [0.05, 0.1) is 5.39 Å². The minimum Gasteiger partial charge on any atom is -0.504 e. The Bertz CT molecular complexity index is 908. The molecule has 4 rings (SSSR count). The number of phenols is 1. The molecule has 5 nitrogen and oxygen atoms in total. The highest BCUT2D eigenvalue weighted by Gasteiger charge is 2.41. The Morgan fingerprint density at radius 2 is 1.70 bits per heavy atom. The number of aryl methyl sites for hydroxylation is 2. The third kappa shape index (κ3) is 1.87. The molecule has 0 spiro atoms. The molecule has 1 aliphatic carbocycles. The zero-order valence-electron chi connectivity index (χ0n) is 13.1. The third-order valence-electron chi connectivity index (χ3n) is 4.83. The molecular formula is C18H17NO4. The van der Waals surface area contributed by atoms with Crippen molar-refractivity contribution in [3.8, 4) is 5.75 Å². The summed E-state index contributed by atoms with van der Waals surface area (Å²) in [4.78, 5) is 15.3. The number of rotatable bonds is 2. The molecule has 0 radical (unpaired) electrons. The van der Waals surface area contributed by atoms with E-state index >= 15 is 0 Å². The highest BCUT2D eigenvalue weighted by molar-refractivity contribution is 6.05. The second-order valence-electron chi connectivity index (χ2n) is 6.37. The Morgan fingerprint density at radius 1 is 1.09 bits per heavy atom. The fourth-order valence-electron chi connectivity index (χ4n) is 3.92. The van der Waals surface area contributed by atoms with Crippen LogP contribution in [0.15, 0.2) is 26.0 Å². The van der Waals surface area contributed by atoms with Crippen molar-refractivity contribution in [3.05, 3.63) is 29.2 Å². The lowest BCUT2D eigenvalue weighted by Gasteiger charge is -2.24. The van der Waals surface area contributed by atoms with E-state index < -0.39 is 5.54 Å². The van der Waals surface area contributed by atoms with Crippen LogP contribution in [0.4, 0.5) is 0 Å². The molecule has 5 heteroatoms. The Labute approximate surface area is 132 Å². The highest BCUT2D eigenvalue weighted by atomic mass is 16.4. The molecule has 1 fully saturated rings. The van der Waals surface area contributed by atoms with Crippen LogP contribution in [0.1, 0.15) is 42.8 Å². The lowest BCUT2D eigenvalue weighted by molar-refractivity contribution is 0.448. The van der Waals surface area contributed by atoms with Crippen LogP contribution < -0.4 is 0 Å².